The molecule has 0 saturated carbocycles. The van der Waals surface area contributed by atoms with E-state index in [4.69, 9.17) is 5.73 Å². The van der Waals surface area contributed by atoms with E-state index >= 15 is 0 Å². The van der Waals surface area contributed by atoms with Gasteiger partial charge in [-0.25, -0.2) is 0 Å². The summed E-state index contributed by atoms with van der Waals surface area (Å²) in [5, 5.41) is 0. The molecule has 0 fully saturated rings. The Balaban J connectivity index is 3.27. The highest BCUT2D eigenvalue weighted by molar-refractivity contribution is 7.38. The molecule has 0 saturated heterocycles. The molecule has 0 bridgehead atoms. The van der Waals surface area contributed by atoms with Crippen LogP contribution in [-0.4, -0.2) is 19.7 Å². The third kappa shape index (κ3) is 5.99. The molecule has 0 amide bonds. The van der Waals surface area contributed by atoms with Gasteiger partial charge in [0.1, 0.15) is 12.6 Å². The standard InChI is InChI=1S/C4H12NO3P/c1-4(5)8-9(6)3-7-2/h4,9H,3,5H2,1-2H3. The number of rotatable bonds is 4. The highest BCUT2D eigenvalue weighted by Crippen LogP contribution is 2.21. The van der Waals surface area contributed by atoms with E-state index in [2.05, 4.69) is 9.26 Å². The Hall–Kier alpha value is 0.110. The summed E-state index contributed by atoms with van der Waals surface area (Å²) in [6.45, 7) is 1.62. The first-order valence-corrected chi connectivity index (χ1v) is 4.13. The zero-order chi connectivity index (χ0) is 7.28. The predicted octanol–water partition coefficient (Wildman–Crippen LogP) is 0.386. The van der Waals surface area contributed by atoms with E-state index in [1.165, 1.54) is 7.11 Å². The largest absolute Gasteiger partial charge is 0.375 e. The van der Waals surface area contributed by atoms with Crippen LogP contribution in [0.2, 0.25) is 0 Å². The lowest BCUT2D eigenvalue weighted by Crippen LogP contribution is -2.15. The van der Waals surface area contributed by atoms with Crippen LogP contribution < -0.4 is 5.73 Å². The Kier molecular flexibility index (Phi) is 5.00. The average molecular weight is 153 g/mol. The number of nitrogens with two attached hydrogens (primary N) is 1. The van der Waals surface area contributed by atoms with Crippen molar-refractivity contribution in [2.24, 2.45) is 5.73 Å². The summed E-state index contributed by atoms with van der Waals surface area (Å²) < 4.78 is 19.9. The van der Waals surface area contributed by atoms with E-state index in [1.807, 2.05) is 0 Å². The molecular weight excluding hydrogens is 141 g/mol. The summed E-state index contributed by atoms with van der Waals surface area (Å²) in [7, 11) is -0.572. The third-order valence-corrected chi connectivity index (χ3v) is 1.74. The molecule has 0 aliphatic carbocycles. The van der Waals surface area contributed by atoms with Crippen LogP contribution in [0.5, 0.6) is 0 Å². The topological polar surface area (TPSA) is 61.5 Å². The van der Waals surface area contributed by atoms with Gasteiger partial charge in [0.2, 0.25) is 8.03 Å². The van der Waals surface area contributed by atoms with Gasteiger partial charge in [-0.05, 0) is 6.92 Å². The second-order valence-electron chi connectivity index (χ2n) is 1.63. The fourth-order valence-electron chi connectivity index (χ4n) is 0.359. The predicted molar refractivity (Wildman–Crippen MR) is 35.6 cm³/mol. The van der Waals surface area contributed by atoms with Crippen molar-refractivity contribution in [3.63, 3.8) is 0 Å². The Morgan fingerprint density at radius 3 is 2.67 bits per heavy atom. The van der Waals surface area contributed by atoms with Crippen LogP contribution in [0.15, 0.2) is 0 Å². The minimum absolute atomic E-state index is 0.145. The highest BCUT2D eigenvalue weighted by Gasteiger charge is 1.99. The van der Waals surface area contributed by atoms with Gasteiger partial charge >= 0.3 is 0 Å². The SMILES string of the molecule is COC[PH](=O)OC(C)N. The Labute approximate surface area is 55.2 Å². The van der Waals surface area contributed by atoms with Gasteiger partial charge in [-0.3, -0.25) is 4.57 Å². The van der Waals surface area contributed by atoms with Crippen molar-refractivity contribution in [3.8, 4) is 0 Å². The fraction of sp³-hybridized carbons (Fsp3) is 1.00. The lowest BCUT2D eigenvalue weighted by molar-refractivity contribution is 0.201. The van der Waals surface area contributed by atoms with Crippen molar-refractivity contribution >= 4 is 8.03 Å². The van der Waals surface area contributed by atoms with Crippen molar-refractivity contribution in [3.05, 3.63) is 0 Å². The van der Waals surface area contributed by atoms with Gasteiger partial charge in [0.15, 0.2) is 0 Å². The number of hydrogen-bond acceptors (Lipinski definition) is 4. The molecule has 0 radical (unpaired) electrons. The third-order valence-electron chi connectivity index (χ3n) is 0.580. The summed E-state index contributed by atoms with van der Waals surface area (Å²) in [4.78, 5) is 0. The van der Waals surface area contributed by atoms with Crippen LogP contribution in [0.3, 0.4) is 0 Å². The number of methoxy groups -OCH3 is 1. The van der Waals surface area contributed by atoms with Crippen molar-refractivity contribution in [1.82, 2.24) is 0 Å². The first-order valence-electron chi connectivity index (χ1n) is 2.61. The normalized spacial score (nSPS) is 17.2. The van der Waals surface area contributed by atoms with Gasteiger partial charge in [0.25, 0.3) is 0 Å². The van der Waals surface area contributed by atoms with E-state index in [0.29, 0.717) is 0 Å². The zero-order valence-corrected chi connectivity index (χ0v) is 6.59. The van der Waals surface area contributed by atoms with Crippen LogP contribution in [0.25, 0.3) is 0 Å². The molecule has 0 heterocycles. The summed E-state index contributed by atoms with van der Waals surface area (Å²) in [5.41, 5.74) is 5.17. The maximum absolute atomic E-state index is 10.6. The fourth-order valence-corrected chi connectivity index (χ4v) is 1.08. The number of ether oxygens (including phenoxy) is 1. The molecule has 2 atom stereocenters. The van der Waals surface area contributed by atoms with Gasteiger partial charge in [-0.2, -0.15) is 0 Å². The molecular formula is C4H12NO3P. The van der Waals surface area contributed by atoms with E-state index in [-0.39, 0.29) is 6.35 Å². The van der Waals surface area contributed by atoms with E-state index in [1.54, 1.807) is 6.92 Å². The maximum atomic E-state index is 10.6. The van der Waals surface area contributed by atoms with E-state index in [9.17, 15) is 4.57 Å². The summed E-state index contributed by atoms with van der Waals surface area (Å²) in [5.74, 6) is 0. The number of hydrogen-bond donors (Lipinski definition) is 1. The van der Waals surface area contributed by atoms with Crippen molar-refractivity contribution < 1.29 is 13.8 Å². The van der Waals surface area contributed by atoms with Crippen LogP contribution in [0, 0.1) is 0 Å². The van der Waals surface area contributed by atoms with Crippen molar-refractivity contribution in [2.75, 3.05) is 13.5 Å². The van der Waals surface area contributed by atoms with Crippen molar-refractivity contribution in [2.45, 2.75) is 13.2 Å². The van der Waals surface area contributed by atoms with Crippen molar-refractivity contribution in [1.29, 1.82) is 0 Å². The van der Waals surface area contributed by atoms with E-state index in [0.717, 1.165) is 0 Å². The van der Waals surface area contributed by atoms with Gasteiger partial charge < -0.3 is 15.0 Å². The average Bonchev–Trinajstić information content (AvgIpc) is 1.63. The molecule has 9 heavy (non-hydrogen) atoms. The summed E-state index contributed by atoms with van der Waals surface area (Å²) in [6.07, 6.45) is -0.321. The van der Waals surface area contributed by atoms with Gasteiger partial charge in [-0.1, -0.05) is 0 Å². The zero-order valence-electron chi connectivity index (χ0n) is 5.59. The van der Waals surface area contributed by atoms with Crippen LogP contribution >= 0.6 is 8.03 Å². The lowest BCUT2D eigenvalue weighted by Gasteiger charge is -2.05. The molecule has 0 aliphatic heterocycles. The minimum Gasteiger partial charge on any atom is -0.375 e. The molecule has 0 spiro atoms. The Bertz CT molecular complexity index is 95.8. The molecule has 56 valence electrons. The maximum Gasteiger partial charge on any atom is 0.218 e. The molecule has 0 aromatic rings. The molecule has 0 rings (SSSR count). The first kappa shape index (κ1) is 9.11. The summed E-state index contributed by atoms with van der Waals surface area (Å²) >= 11 is 0. The smallest absolute Gasteiger partial charge is 0.218 e. The highest BCUT2D eigenvalue weighted by atomic mass is 31.1. The van der Waals surface area contributed by atoms with Crippen LogP contribution in [0.4, 0.5) is 0 Å². The molecule has 0 aromatic carbocycles. The lowest BCUT2D eigenvalue weighted by atomic mass is 10.7. The van der Waals surface area contributed by atoms with Gasteiger partial charge in [0, 0.05) is 7.11 Å². The Morgan fingerprint density at radius 1 is 1.78 bits per heavy atom. The molecule has 2 unspecified atom stereocenters. The van der Waals surface area contributed by atoms with Crippen LogP contribution in [-0.2, 0) is 13.8 Å². The second kappa shape index (κ2) is 4.94. The second-order valence-corrected chi connectivity index (χ2v) is 2.90. The molecule has 2 N–H and O–H groups in total. The molecule has 0 aliphatic rings. The molecule has 4 nitrogen and oxygen atoms in total. The summed E-state index contributed by atoms with van der Waals surface area (Å²) in [6, 6.07) is 0. The van der Waals surface area contributed by atoms with E-state index < -0.39 is 14.3 Å². The molecule has 0 aromatic heterocycles. The van der Waals surface area contributed by atoms with Gasteiger partial charge in [-0.15, -0.1) is 0 Å². The first-order chi connectivity index (χ1) is 4.16. The van der Waals surface area contributed by atoms with Crippen LogP contribution in [0.1, 0.15) is 6.92 Å². The monoisotopic (exact) mass is 153 g/mol. The Morgan fingerprint density at radius 2 is 2.33 bits per heavy atom. The minimum atomic E-state index is -2.04. The van der Waals surface area contributed by atoms with Gasteiger partial charge in [0.05, 0.1) is 0 Å². The quantitative estimate of drug-likeness (QED) is 0.468. The molecule has 5 heteroatoms.